The van der Waals surface area contributed by atoms with E-state index in [9.17, 15) is 0 Å². The molecule has 0 bridgehead atoms. The third-order valence-electron chi connectivity index (χ3n) is 17.5. The van der Waals surface area contributed by atoms with Crippen LogP contribution in [0.15, 0.2) is 206 Å². The number of fused-ring (bicyclic) bond motifs is 19. The van der Waals surface area contributed by atoms with Gasteiger partial charge in [0.1, 0.15) is 5.82 Å². The minimum Gasteiger partial charge on any atom is -0.509 e. The topological polar surface area (TPSA) is 38.5 Å². The molecule has 0 unspecified atom stereocenters. The van der Waals surface area contributed by atoms with E-state index >= 15 is 0 Å². The summed E-state index contributed by atoms with van der Waals surface area (Å²) in [6, 6.07) is 81.3. The normalized spacial score (nSPS) is 14.0. The molecule has 0 N–H and O–H groups in total. The summed E-state index contributed by atoms with van der Waals surface area (Å²) in [5.41, 5.74) is 23.4. The Morgan fingerprint density at radius 1 is 0.500 bits per heavy atom. The van der Waals surface area contributed by atoms with E-state index in [1.807, 2.05) is 6.20 Å². The van der Waals surface area contributed by atoms with Crippen molar-refractivity contribution in [2.45, 2.75) is 39.3 Å². The van der Waals surface area contributed by atoms with Gasteiger partial charge in [-0.3, -0.25) is 0 Å². The summed E-state index contributed by atoms with van der Waals surface area (Å²) in [7, 11) is -2.30. The van der Waals surface area contributed by atoms with E-state index in [0.29, 0.717) is 11.5 Å². The molecule has 0 fully saturated rings. The van der Waals surface area contributed by atoms with Crippen LogP contribution in [0.3, 0.4) is 0 Å². The Balaban J connectivity index is 0.00000531. The van der Waals surface area contributed by atoms with Gasteiger partial charge in [0.15, 0.2) is 0 Å². The van der Waals surface area contributed by atoms with E-state index in [-0.39, 0.29) is 26.5 Å². The van der Waals surface area contributed by atoms with Gasteiger partial charge in [-0.15, -0.1) is 41.5 Å². The maximum atomic E-state index is 7.09. The van der Waals surface area contributed by atoms with Crippen molar-refractivity contribution >= 4 is 84.8 Å². The van der Waals surface area contributed by atoms with E-state index in [1.54, 1.807) is 0 Å². The van der Waals surface area contributed by atoms with Gasteiger partial charge < -0.3 is 23.7 Å². The molecule has 0 radical (unpaired) electrons. The SMILES string of the molecule is CC(C)(C)c1ccnc(-n2c3[c-]c(Oc4[c-]c5c(cc4)[Si](C)(C)c4ccc6c7c4N5[CH-]N7c4c(-c5ccccc5)cccc4-c4ccccc4-6)ccc3c3c4c(ccc32)-n2c3ccccc3c3cccc(c32)-c2ccccc2-4)c1.[Pt]. The quantitative estimate of drug-likeness (QED) is 0.130. The van der Waals surface area contributed by atoms with Crippen molar-refractivity contribution in [3.8, 4) is 78.6 Å². The number of para-hydroxylation sites is 3. The number of nitrogens with zero attached hydrogens (tertiary/aromatic N) is 5. The van der Waals surface area contributed by atoms with Crippen molar-refractivity contribution in [3.05, 3.63) is 231 Å². The van der Waals surface area contributed by atoms with Crippen molar-refractivity contribution < 1.29 is 25.8 Å². The number of benzene rings is 10. The number of rotatable bonds is 4. The number of pyridine rings is 1. The van der Waals surface area contributed by atoms with Crippen molar-refractivity contribution in [3.63, 3.8) is 0 Å². The minimum atomic E-state index is -2.30. The van der Waals surface area contributed by atoms with Gasteiger partial charge in [-0.1, -0.05) is 191 Å². The van der Waals surface area contributed by atoms with E-state index in [0.717, 1.165) is 39.0 Å². The van der Waals surface area contributed by atoms with Crippen LogP contribution in [0.5, 0.6) is 11.5 Å². The smallest absolute Gasteiger partial charge is 0.135 e. The molecule has 17 rings (SSSR count). The second-order valence-electron chi connectivity index (χ2n) is 23.2. The molecule has 10 aromatic carbocycles. The standard InChI is InChI=1S/C72H50N5OSi.Pt/c1-72(2,3)44-37-38-73-65(39-44)76-59-33-34-60-66(52-23-12-11-21-50(52)54-26-16-27-55-51-22-13-14-28-58(51)77(60)69(54)55)67(59)57-31-29-45(40-61(57)76)78-46-30-35-63-62(41-46)74-42-75-68-47(43-17-7-6-8-18-43)24-15-25-53(68)48-19-9-10-20-49(48)56-32-36-64(79(63,4)5)71(74)70(56)75;/h6-39,42H,1-5H3;/q-3;. The van der Waals surface area contributed by atoms with Crippen LogP contribution in [-0.2, 0) is 26.5 Å². The van der Waals surface area contributed by atoms with Crippen LogP contribution < -0.4 is 24.9 Å². The molecule has 0 saturated heterocycles. The zero-order valence-corrected chi connectivity index (χ0v) is 47.9. The third kappa shape index (κ3) is 6.42. The largest absolute Gasteiger partial charge is 0.509 e. The Labute approximate surface area is 480 Å². The van der Waals surface area contributed by atoms with E-state index in [2.05, 4.69) is 272 Å². The second kappa shape index (κ2) is 16.9. The van der Waals surface area contributed by atoms with Crippen LogP contribution >= 0.6 is 0 Å². The average molecular weight is 1220 g/mol. The van der Waals surface area contributed by atoms with Crippen LogP contribution in [0.2, 0.25) is 13.1 Å². The first-order chi connectivity index (χ1) is 38.6. The zero-order chi connectivity index (χ0) is 52.6. The summed E-state index contributed by atoms with van der Waals surface area (Å²) in [6.07, 6.45) is 1.95. The van der Waals surface area contributed by atoms with Crippen molar-refractivity contribution in [2.24, 2.45) is 0 Å². The summed E-state index contributed by atoms with van der Waals surface area (Å²) < 4.78 is 11.9. The van der Waals surface area contributed by atoms with Crippen LogP contribution in [0.25, 0.3) is 111 Å². The number of hydrogen-bond donors (Lipinski definition) is 0. The van der Waals surface area contributed by atoms with Crippen molar-refractivity contribution in [1.82, 2.24) is 14.1 Å². The fraction of sp³-hybridized carbons (Fsp3) is 0.0833. The van der Waals surface area contributed by atoms with Crippen LogP contribution in [0.1, 0.15) is 26.3 Å². The fourth-order valence-electron chi connectivity index (χ4n) is 13.9. The van der Waals surface area contributed by atoms with Crippen LogP contribution in [0, 0.1) is 18.8 Å². The minimum absolute atomic E-state index is 0. The van der Waals surface area contributed by atoms with E-state index in [1.165, 1.54) is 110 Å². The molecule has 3 aromatic heterocycles. The number of aromatic nitrogens is 3. The first-order valence-corrected chi connectivity index (χ1v) is 30.4. The molecule has 4 aliphatic heterocycles. The van der Waals surface area contributed by atoms with Gasteiger partial charge in [0, 0.05) is 99.9 Å². The molecule has 386 valence electrons. The van der Waals surface area contributed by atoms with Gasteiger partial charge in [-0.05, 0) is 79.7 Å². The van der Waals surface area contributed by atoms with Crippen LogP contribution in [-0.4, -0.2) is 22.2 Å². The predicted molar refractivity (Wildman–Crippen MR) is 328 cm³/mol. The van der Waals surface area contributed by atoms with Crippen molar-refractivity contribution in [1.29, 1.82) is 0 Å². The summed E-state index contributed by atoms with van der Waals surface area (Å²) in [4.78, 5) is 10.0. The van der Waals surface area contributed by atoms with Gasteiger partial charge in [-0.25, -0.2) is 4.98 Å². The first-order valence-electron chi connectivity index (χ1n) is 27.4. The maximum Gasteiger partial charge on any atom is 0.135 e. The Morgan fingerprint density at radius 3 is 1.96 bits per heavy atom. The average Bonchev–Trinajstić information content (AvgIpc) is 3.29. The molecule has 0 amide bonds. The molecule has 6 nitrogen and oxygen atoms in total. The monoisotopic (exact) mass is 1220 g/mol. The summed E-state index contributed by atoms with van der Waals surface area (Å²) in [5.74, 6) is 2.07. The molecular formula is C72H50N5OPtSi-3. The molecule has 7 heterocycles. The molecule has 4 aliphatic rings. The molecule has 0 atom stereocenters. The summed E-state index contributed by atoms with van der Waals surface area (Å²) in [6.45, 7) is 14.1. The van der Waals surface area contributed by atoms with E-state index < -0.39 is 8.07 Å². The van der Waals surface area contributed by atoms with Gasteiger partial charge in [0.2, 0.25) is 0 Å². The zero-order valence-electron chi connectivity index (χ0n) is 44.7. The van der Waals surface area contributed by atoms with Gasteiger partial charge in [0.25, 0.3) is 0 Å². The van der Waals surface area contributed by atoms with Crippen molar-refractivity contribution in [2.75, 3.05) is 9.80 Å². The summed E-state index contributed by atoms with van der Waals surface area (Å²) in [5, 5.41) is 7.44. The molecule has 0 saturated carbocycles. The van der Waals surface area contributed by atoms with E-state index in [4.69, 9.17) is 9.72 Å². The Hall–Kier alpha value is -8.74. The number of hydrogen-bond acceptors (Lipinski definition) is 4. The molecular weight excluding hydrogens is 1170 g/mol. The maximum absolute atomic E-state index is 7.09. The third-order valence-corrected chi connectivity index (χ3v) is 21.0. The van der Waals surface area contributed by atoms with Gasteiger partial charge in [-0.2, -0.15) is 12.1 Å². The first kappa shape index (κ1) is 47.3. The molecule has 13 aromatic rings. The molecule has 80 heavy (non-hydrogen) atoms. The van der Waals surface area contributed by atoms with Gasteiger partial charge in [0.05, 0.1) is 24.8 Å². The second-order valence-corrected chi connectivity index (χ2v) is 27.5. The number of anilines is 4. The molecule has 0 spiro atoms. The Bertz CT molecular complexity index is 4830. The Morgan fingerprint density at radius 2 is 1.15 bits per heavy atom. The summed E-state index contributed by atoms with van der Waals surface area (Å²) >= 11 is 0. The van der Waals surface area contributed by atoms with Crippen LogP contribution in [0.4, 0.5) is 22.7 Å². The van der Waals surface area contributed by atoms with Gasteiger partial charge >= 0.3 is 0 Å². The Kier molecular flexibility index (Phi) is 9.98. The predicted octanol–water partition coefficient (Wildman–Crippen LogP) is 17.5. The fourth-order valence-corrected chi connectivity index (χ4v) is 16.7. The molecule has 8 heteroatoms. The number of ether oxygens (including phenoxy) is 1. The molecule has 0 aliphatic carbocycles.